The van der Waals surface area contributed by atoms with Crippen molar-refractivity contribution in [2.75, 3.05) is 0 Å². The van der Waals surface area contributed by atoms with Gasteiger partial charge in [-0.3, -0.25) is 0 Å². The number of carbonyl (C=O) groups is 1. The molecule has 1 aliphatic rings. The lowest BCUT2D eigenvalue weighted by Gasteiger charge is -2.35. The predicted molar refractivity (Wildman–Crippen MR) is 50.5 cm³/mol. The summed E-state index contributed by atoms with van der Waals surface area (Å²) in [5, 5.41) is 11.3. The highest BCUT2D eigenvalue weighted by molar-refractivity contribution is 5.58. The Kier molecular flexibility index (Phi) is 2.29. The van der Waals surface area contributed by atoms with Crippen molar-refractivity contribution >= 4 is 6.29 Å². The highest BCUT2D eigenvalue weighted by atomic mass is 16.5. The smallest absolute Gasteiger partial charge is 0.125 e. The predicted octanol–water partition coefficient (Wildman–Crippen LogP) is 1.70. The molecule has 1 saturated heterocycles. The minimum absolute atomic E-state index is 0.104. The second kappa shape index (κ2) is 2.79. The average molecular weight is 185 g/mol. The lowest BCUT2D eigenvalue weighted by Crippen LogP contribution is -2.47. The van der Waals surface area contributed by atoms with Gasteiger partial charge in [-0.2, -0.15) is 5.06 Å². The molecule has 1 aliphatic heterocycles. The molecule has 3 heteroatoms. The molecule has 0 spiro atoms. The Labute approximate surface area is 79.7 Å². The van der Waals surface area contributed by atoms with Crippen molar-refractivity contribution in [2.24, 2.45) is 11.8 Å². The molecule has 76 valence electrons. The molecule has 2 atom stereocenters. The molecule has 1 N–H and O–H groups in total. The zero-order valence-corrected chi connectivity index (χ0v) is 9.03. The van der Waals surface area contributed by atoms with Gasteiger partial charge >= 0.3 is 0 Å². The van der Waals surface area contributed by atoms with Gasteiger partial charge in [-0.25, -0.2) is 0 Å². The number of rotatable bonds is 1. The highest BCUT2D eigenvalue weighted by Gasteiger charge is 2.56. The molecule has 0 radical (unpaired) electrons. The molecule has 0 amide bonds. The molecule has 1 heterocycles. The first-order valence-electron chi connectivity index (χ1n) is 4.70. The molecule has 0 bridgehead atoms. The first kappa shape index (κ1) is 10.7. The monoisotopic (exact) mass is 185 g/mol. The first-order chi connectivity index (χ1) is 5.76. The van der Waals surface area contributed by atoms with Crippen LogP contribution in [-0.4, -0.2) is 27.6 Å². The summed E-state index contributed by atoms with van der Waals surface area (Å²) >= 11 is 0. The Morgan fingerprint density at radius 3 is 1.85 bits per heavy atom. The van der Waals surface area contributed by atoms with Crippen molar-refractivity contribution in [1.29, 1.82) is 0 Å². The number of hydrogen-bond donors (Lipinski definition) is 1. The fourth-order valence-electron chi connectivity index (χ4n) is 2.41. The van der Waals surface area contributed by atoms with E-state index in [1.165, 1.54) is 5.06 Å². The fraction of sp³-hybridized carbons (Fsp3) is 0.900. The molecular weight excluding hydrogens is 166 g/mol. The Morgan fingerprint density at radius 1 is 1.23 bits per heavy atom. The maximum atomic E-state index is 10.9. The van der Waals surface area contributed by atoms with E-state index in [1.807, 2.05) is 34.6 Å². The van der Waals surface area contributed by atoms with Crippen LogP contribution in [0.4, 0.5) is 0 Å². The summed E-state index contributed by atoms with van der Waals surface area (Å²) in [4.78, 5) is 10.9. The van der Waals surface area contributed by atoms with Crippen LogP contribution in [0.25, 0.3) is 0 Å². The molecule has 0 aromatic rings. The topological polar surface area (TPSA) is 40.5 Å². The third-order valence-electron chi connectivity index (χ3n) is 3.71. The molecule has 1 fully saturated rings. The third-order valence-corrected chi connectivity index (χ3v) is 3.71. The standard InChI is InChI=1S/C10H19NO2/c1-7-8(6-12)10(4,5)11(13)9(7,2)3/h6-8,13H,1-5H3. The summed E-state index contributed by atoms with van der Waals surface area (Å²) in [5.74, 6) is 0.0671. The molecule has 0 aromatic heterocycles. The van der Waals surface area contributed by atoms with Gasteiger partial charge in [-0.1, -0.05) is 6.92 Å². The van der Waals surface area contributed by atoms with Crippen LogP contribution in [-0.2, 0) is 4.79 Å². The average Bonchev–Trinajstić information content (AvgIpc) is 2.12. The summed E-state index contributed by atoms with van der Waals surface area (Å²) in [6.45, 7) is 9.73. The van der Waals surface area contributed by atoms with Crippen molar-refractivity contribution in [1.82, 2.24) is 5.06 Å². The SMILES string of the molecule is CC1C(C=O)C(C)(C)N(O)C1(C)C. The molecule has 1 rings (SSSR count). The van der Waals surface area contributed by atoms with Crippen LogP contribution < -0.4 is 0 Å². The van der Waals surface area contributed by atoms with Gasteiger partial charge in [-0.05, 0) is 33.6 Å². The van der Waals surface area contributed by atoms with Gasteiger partial charge in [0.05, 0.1) is 5.54 Å². The lowest BCUT2D eigenvalue weighted by molar-refractivity contribution is -0.199. The molecular formula is C10H19NO2. The van der Waals surface area contributed by atoms with Crippen molar-refractivity contribution < 1.29 is 10.0 Å². The summed E-state index contributed by atoms with van der Waals surface area (Å²) in [7, 11) is 0. The van der Waals surface area contributed by atoms with Gasteiger partial charge in [0.1, 0.15) is 6.29 Å². The maximum Gasteiger partial charge on any atom is 0.125 e. The zero-order valence-electron chi connectivity index (χ0n) is 9.03. The summed E-state index contributed by atoms with van der Waals surface area (Å²) in [6.07, 6.45) is 0.961. The Hall–Kier alpha value is -0.410. The van der Waals surface area contributed by atoms with Gasteiger partial charge in [0.15, 0.2) is 0 Å². The van der Waals surface area contributed by atoms with Crippen LogP contribution in [0.3, 0.4) is 0 Å². The van der Waals surface area contributed by atoms with E-state index in [1.54, 1.807) is 0 Å². The largest absolute Gasteiger partial charge is 0.313 e. The molecule has 0 saturated carbocycles. The Bertz CT molecular complexity index is 223. The van der Waals surface area contributed by atoms with Crippen molar-refractivity contribution in [2.45, 2.75) is 45.7 Å². The minimum Gasteiger partial charge on any atom is -0.313 e. The third kappa shape index (κ3) is 1.22. The number of hydrogen-bond acceptors (Lipinski definition) is 3. The molecule has 0 aromatic carbocycles. The zero-order chi connectivity index (χ0) is 10.4. The van der Waals surface area contributed by atoms with Crippen LogP contribution in [0.2, 0.25) is 0 Å². The van der Waals surface area contributed by atoms with Crippen LogP contribution >= 0.6 is 0 Å². The van der Waals surface area contributed by atoms with E-state index >= 15 is 0 Å². The van der Waals surface area contributed by atoms with E-state index in [4.69, 9.17) is 0 Å². The summed E-state index contributed by atoms with van der Waals surface area (Å²) < 4.78 is 0. The van der Waals surface area contributed by atoms with Gasteiger partial charge in [0, 0.05) is 11.5 Å². The van der Waals surface area contributed by atoms with Crippen LogP contribution in [0, 0.1) is 11.8 Å². The maximum absolute atomic E-state index is 10.9. The van der Waals surface area contributed by atoms with Crippen LogP contribution in [0.5, 0.6) is 0 Å². The van der Waals surface area contributed by atoms with Gasteiger partial charge < -0.3 is 10.0 Å². The number of nitrogens with zero attached hydrogens (tertiary/aromatic N) is 1. The summed E-state index contributed by atoms with van der Waals surface area (Å²) in [6, 6.07) is 0. The highest BCUT2D eigenvalue weighted by Crippen LogP contribution is 2.46. The molecule has 2 unspecified atom stereocenters. The summed E-state index contributed by atoms with van der Waals surface area (Å²) in [5.41, 5.74) is -0.778. The normalized spacial score (nSPS) is 37.7. The quantitative estimate of drug-likeness (QED) is 0.632. The van der Waals surface area contributed by atoms with Crippen molar-refractivity contribution in [3.05, 3.63) is 0 Å². The van der Waals surface area contributed by atoms with E-state index in [9.17, 15) is 10.0 Å². The van der Waals surface area contributed by atoms with Crippen LogP contribution in [0.1, 0.15) is 34.6 Å². The van der Waals surface area contributed by atoms with E-state index in [2.05, 4.69) is 0 Å². The van der Waals surface area contributed by atoms with E-state index in [0.717, 1.165) is 6.29 Å². The van der Waals surface area contributed by atoms with Crippen LogP contribution in [0.15, 0.2) is 0 Å². The van der Waals surface area contributed by atoms with E-state index in [0.29, 0.717) is 0 Å². The van der Waals surface area contributed by atoms with Crippen molar-refractivity contribution in [3.8, 4) is 0 Å². The van der Waals surface area contributed by atoms with Gasteiger partial charge in [0.2, 0.25) is 0 Å². The number of carbonyl (C=O) groups excluding carboxylic acids is 1. The van der Waals surface area contributed by atoms with Gasteiger partial charge in [-0.15, -0.1) is 0 Å². The lowest BCUT2D eigenvalue weighted by atomic mass is 9.79. The Morgan fingerprint density at radius 2 is 1.69 bits per heavy atom. The second-order valence-corrected chi connectivity index (χ2v) is 5.07. The Balaban J connectivity index is 3.11. The first-order valence-corrected chi connectivity index (χ1v) is 4.70. The molecule has 0 aliphatic carbocycles. The number of hydroxylamine groups is 2. The number of aldehydes is 1. The molecule has 3 nitrogen and oxygen atoms in total. The van der Waals surface area contributed by atoms with E-state index < -0.39 is 5.54 Å². The second-order valence-electron chi connectivity index (χ2n) is 5.07. The minimum atomic E-state index is -0.454. The van der Waals surface area contributed by atoms with E-state index in [-0.39, 0.29) is 17.4 Å². The fourth-order valence-corrected chi connectivity index (χ4v) is 2.41. The van der Waals surface area contributed by atoms with Gasteiger partial charge in [0.25, 0.3) is 0 Å². The van der Waals surface area contributed by atoms with Crippen molar-refractivity contribution in [3.63, 3.8) is 0 Å². The molecule has 13 heavy (non-hydrogen) atoms.